The number of halogens is 2. The Morgan fingerprint density at radius 2 is 1.49 bits per heavy atom. The number of nitrogens with one attached hydrogen (secondary N) is 1. The van der Waals surface area contributed by atoms with E-state index in [9.17, 15) is 14.7 Å². The third kappa shape index (κ3) is 6.84. The molecule has 7 nitrogen and oxygen atoms in total. The summed E-state index contributed by atoms with van der Waals surface area (Å²) < 4.78 is 11.7. The maximum absolute atomic E-state index is 13.4. The molecule has 0 fully saturated rings. The molecule has 0 radical (unpaired) electrons. The van der Waals surface area contributed by atoms with Gasteiger partial charge < -0.3 is 19.6 Å². The molecule has 0 aliphatic carbocycles. The van der Waals surface area contributed by atoms with Crippen LogP contribution in [-0.4, -0.2) is 34.6 Å². The Kier molecular flexibility index (Phi) is 8.79. The zero-order chi connectivity index (χ0) is 28.8. The maximum atomic E-state index is 13.4. The van der Waals surface area contributed by atoms with Gasteiger partial charge in [0.05, 0.1) is 18.2 Å². The molecule has 1 heterocycles. The number of ether oxygens (including phenoxy) is 1. The molecular formula is C32H24Cl2N2O5. The molecule has 2 N–H and O–H groups in total. The van der Waals surface area contributed by atoms with E-state index in [2.05, 4.69) is 10.3 Å². The number of aliphatic carboxylic acids is 1. The molecule has 5 aromatic rings. The molecule has 1 amide bonds. The molecule has 0 saturated heterocycles. The molecule has 0 bridgehead atoms. The van der Waals surface area contributed by atoms with Gasteiger partial charge in [0.25, 0.3) is 5.91 Å². The van der Waals surface area contributed by atoms with Crippen molar-refractivity contribution >= 4 is 35.1 Å². The number of benzene rings is 4. The number of oxazole rings is 1. The summed E-state index contributed by atoms with van der Waals surface area (Å²) in [5.74, 6) is -1.75. The summed E-state index contributed by atoms with van der Waals surface area (Å²) in [6.07, 6.45) is 0. The highest BCUT2D eigenvalue weighted by molar-refractivity contribution is 6.36. The van der Waals surface area contributed by atoms with E-state index in [-0.39, 0.29) is 35.6 Å². The number of nitrogens with zero attached hydrogens (tertiary/aromatic N) is 1. The highest BCUT2D eigenvalue weighted by Crippen LogP contribution is 2.36. The van der Waals surface area contributed by atoms with Gasteiger partial charge in [-0.3, -0.25) is 4.79 Å². The van der Waals surface area contributed by atoms with E-state index in [1.807, 2.05) is 84.9 Å². The second-order valence-electron chi connectivity index (χ2n) is 9.13. The summed E-state index contributed by atoms with van der Waals surface area (Å²) in [6.45, 7) is -0.0577. The van der Waals surface area contributed by atoms with Gasteiger partial charge >= 0.3 is 5.97 Å². The van der Waals surface area contributed by atoms with Crippen LogP contribution >= 0.6 is 23.2 Å². The first-order chi connectivity index (χ1) is 19.9. The first-order valence-corrected chi connectivity index (χ1v) is 13.4. The van der Waals surface area contributed by atoms with Crippen LogP contribution < -0.4 is 5.32 Å². The lowest BCUT2D eigenvalue weighted by Crippen LogP contribution is -2.44. The Morgan fingerprint density at radius 3 is 2.15 bits per heavy atom. The van der Waals surface area contributed by atoms with Crippen LogP contribution in [0, 0.1) is 0 Å². The van der Waals surface area contributed by atoms with Gasteiger partial charge in [-0.2, -0.15) is 0 Å². The lowest BCUT2D eigenvalue weighted by atomic mass is 10.0. The topological polar surface area (TPSA) is 102 Å². The van der Waals surface area contributed by atoms with Gasteiger partial charge in [0.1, 0.15) is 0 Å². The molecule has 9 heteroatoms. The van der Waals surface area contributed by atoms with Crippen LogP contribution in [-0.2, 0) is 16.1 Å². The number of carbonyl (C=O) groups is 2. The first kappa shape index (κ1) is 28.1. The second-order valence-corrected chi connectivity index (χ2v) is 9.97. The van der Waals surface area contributed by atoms with E-state index in [4.69, 9.17) is 32.4 Å². The Morgan fingerprint density at radius 1 is 0.854 bits per heavy atom. The van der Waals surface area contributed by atoms with Crippen molar-refractivity contribution in [3.63, 3.8) is 0 Å². The summed E-state index contributed by atoms with van der Waals surface area (Å²) in [7, 11) is 0. The molecule has 0 saturated carbocycles. The summed E-state index contributed by atoms with van der Waals surface area (Å²) in [4.78, 5) is 29.8. The van der Waals surface area contributed by atoms with Crippen LogP contribution in [0.1, 0.15) is 16.1 Å². The molecule has 5 rings (SSSR count). The van der Waals surface area contributed by atoms with Gasteiger partial charge in [-0.15, -0.1) is 0 Å². The van der Waals surface area contributed by atoms with Crippen molar-refractivity contribution in [2.24, 2.45) is 0 Å². The van der Waals surface area contributed by atoms with Crippen molar-refractivity contribution in [1.82, 2.24) is 10.3 Å². The van der Waals surface area contributed by atoms with Gasteiger partial charge in [-0.1, -0.05) is 96.0 Å². The zero-order valence-electron chi connectivity index (χ0n) is 21.6. The van der Waals surface area contributed by atoms with Gasteiger partial charge in [0.2, 0.25) is 5.89 Å². The number of carboxylic acid groups (broad SMARTS) is 1. The quantitative estimate of drug-likeness (QED) is 0.177. The normalized spacial score (nSPS) is 11.7. The Labute approximate surface area is 246 Å². The number of amides is 1. The monoisotopic (exact) mass is 586 g/mol. The van der Waals surface area contributed by atoms with Gasteiger partial charge in [-0.05, 0) is 47.0 Å². The fourth-order valence-electron chi connectivity index (χ4n) is 4.16. The van der Waals surface area contributed by atoms with Gasteiger partial charge in [0, 0.05) is 16.1 Å². The molecule has 206 valence electrons. The molecular weight excluding hydrogens is 563 g/mol. The molecule has 1 aromatic heterocycles. The molecule has 4 aromatic carbocycles. The predicted molar refractivity (Wildman–Crippen MR) is 158 cm³/mol. The summed E-state index contributed by atoms with van der Waals surface area (Å²) in [5, 5.41) is 12.9. The van der Waals surface area contributed by atoms with E-state index in [1.165, 1.54) is 6.07 Å². The minimum atomic E-state index is -1.33. The minimum Gasteiger partial charge on any atom is -0.480 e. The zero-order valence-corrected chi connectivity index (χ0v) is 23.1. The van der Waals surface area contributed by atoms with Crippen LogP contribution in [0.2, 0.25) is 10.0 Å². The van der Waals surface area contributed by atoms with E-state index in [0.717, 1.165) is 16.7 Å². The predicted octanol–water partition coefficient (Wildman–Crippen LogP) is 7.38. The van der Waals surface area contributed by atoms with Crippen molar-refractivity contribution in [2.45, 2.75) is 12.6 Å². The maximum Gasteiger partial charge on any atom is 0.328 e. The summed E-state index contributed by atoms with van der Waals surface area (Å²) >= 11 is 12.5. The van der Waals surface area contributed by atoms with Crippen molar-refractivity contribution in [2.75, 3.05) is 6.61 Å². The lowest BCUT2D eigenvalue weighted by molar-refractivity contribution is -0.141. The number of hydrogen-bond acceptors (Lipinski definition) is 5. The van der Waals surface area contributed by atoms with E-state index in [1.54, 1.807) is 12.1 Å². The van der Waals surface area contributed by atoms with Crippen molar-refractivity contribution in [3.05, 3.63) is 124 Å². The Hall–Kier alpha value is -4.43. The van der Waals surface area contributed by atoms with Crippen molar-refractivity contribution < 1.29 is 23.8 Å². The molecule has 1 atom stereocenters. The lowest BCUT2D eigenvalue weighted by Gasteiger charge is -2.14. The van der Waals surface area contributed by atoms with Crippen LogP contribution in [0.25, 0.3) is 33.9 Å². The van der Waals surface area contributed by atoms with Crippen LogP contribution in [0.4, 0.5) is 0 Å². The number of carboxylic acids is 1. The molecule has 0 spiro atoms. The number of hydrogen-bond donors (Lipinski definition) is 2. The van der Waals surface area contributed by atoms with Gasteiger partial charge in [0.15, 0.2) is 17.5 Å². The van der Waals surface area contributed by atoms with Crippen molar-refractivity contribution in [3.8, 4) is 33.9 Å². The number of aromatic nitrogens is 1. The number of rotatable bonds is 10. The van der Waals surface area contributed by atoms with E-state index >= 15 is 0 Å². The summed E-state index contributed by atoms with van der Waals surface area (Å²) in [6, 6.07) is 30.1. The summed E-state index contributed by atoms with van der Waals surface area (Å²) in [5.41, 5.74) is 3.81. The molecule has 41 heavy (non-hydrogen) atoms. The third-order valence-electron chi connectivity index (χ3n) is 6.26. The average molecular weight is 587 g/mol. The minimum absolute atomic E-state index is 0.0839. The number of carbonyl (C=O) groups excluding carboxylic acids is 1. The SMILES string of the molecule is O=C(NC(COCc1ccccc1)C(=O)O)c1nc(-c2ccc(-c3ccccc3)cc2)oc1-c1ccc(Cl)cc1Cl. The smallest absolute Gasteiger partial charge is 0.328 e. The van der Waals surface area contributed by atoms with E-state index in [0.29, 0.717) is 16.1 Å². The third-order valence-corrected chi connectivity index (χ3v) is 6.80. The van der Waals surface area contributed by atoms with Gasteiger partial charge in [-0.25, -0.2) is 9.78 Å². The fraction of sp³-hybridized carbons (Fsp3) is 0.0938. The van der Waals surface area contributed by atoms with Crippen LogP contribution in [0.3, 0.4) is 0 Å². The molecule has 1 unspecified atom stereocenters. The Balaban J connectivity index is 1.43. The second kappa shape index (κ2) is 12.8. The molecule has 0 aliphatic heterocycles. The van der Waals surface area contributed by atoms with Crippen LogP contribution in [0.15, 0.2) is 108 Å². The first-order valence-electron chi connectivity index (χ1n) is 12.7. The largest absolute Gasteiger partial charge is 0.480 e. The van der Waals surface area contributed by atoms with Crippen LogP contribution in [0.5, 0.6) is 0 Å². The highest BCUT2D eigenvalue weighted by atomic mass is 35.5. The molecule has 0 aliphatic rings. The Bertz CT molecular complexity index is 1660. The average Bonchev–Trinajstić information content (AvgIpc) is 3.43. The fourth-order valence-corrected chi connectivity index (χ4v) is 4.65. The van der Waals surface area contributed by atoms with Crippen molar-refractivity contribution in [1.29, 1.82) is 0 Å². The standard InChI is InChI=1S/C32H24Cl2N2O5/c33-24-15-16-25(26(34)17-24)29-28(30(37)35-27(32(38)39)19-40-18-20-7-3-1-4-8-20)36-31(41-29)23-13-11-22(12-14-23)21-9-5-2-6-10-21/h1-17,27H,18-19H2,(H,35,37)(H,38,39). The highest BCUT2D eigenvalue weighted by Gasteiger charge is 2.28. The van der Waals surface area contributed by atoms with E-state index < -0.39 is 17.9 Å².